The number of ether oxygens (including phenoxy) is 1. The van der Waals surface area contributed by atoms with E-state index in [4.69, 9.17) is 9.15 Å². The minimum absolute atomic E-state index is 0.116. The number of carbonyl (C=O) groups excluding carboxylic acids is 3. The molecule has 0 bridgehead atoms. The highest BCUT2D eigenvalue weighted by molar-refractivity contribution is 6.08. The number of fused-ring (bicyclic) bond motifs is 2. The molecule has 0 aliphatic carbocycles. The lowest BCUT2D eigenvalue weighted by Gasteiger charge is -2.28. The van der Waals surface area contributed by atoms with E-state index in [0.717, 1.165) is 5.56 Å². The van der Waals surface area contributed by atoms with Gasteiger partial charge in [-0.2, -0.15) is 0 Å². The van der Waals surface area contributed by atoms with E-state index in [0.29, 0.717) is 28.2 Å². The lowest BCUT2D eigenvalue weighted by Crippen LogP contribution is -2.52. The number of urea groups is 1. The number of nitrogens with one attached hydrogen (secondary N) is 2. The first-order valence-corrected chi connectivity index (χ1v) is 10.5. The van der Waals surface area contributed by atoms with Crippen LogP contribution in [0.15, 0.2) is 59.5 Å². The van der Waals surface area contributed by atoms with Crippen molar-refractivity contribution in [3.63, 3.8) is 0 Å². The molecule has 1 atom stereocenters. The van der Waals surface area contributed by atoms with Crippen LogP contribution in [0.25, 0.3) is 16.9 Å². The number of methoxy groups -OCH3 is 1. The van der Waals surface area contributed by atoms with Gasteiger partial charge in [0.15, 0.2) is 11.1 Å². The average molecular weight is 458 g/mol. The predicted octanol–water partition coefficient (Wildman–Crippen LogP) is 1.71. The van der Waals surface area contributed by atoms with Crippen molar-refractivity contribution in [2.75, 3.05) is 13.7 Å². The van der Waals surface area contributed by atoms with Crippen LogP contribution in [-0.4, -0.2) is 50.9 Å². The van der Waals surface area contributed by atoms with Crippen LogP contribution in [0.5, 0.6) is 5.75 Å². The molecular formula is C23H18N6O5. The van der Waals surface area contributed by atoms with E-state index in [9.17, 15) is 14.4 Å². The standard InChI is InChI=1S/C23H18N6O5/c1-33-14-3-2-13-10-29(20(30)15(13)8-14)11-23(21(31)26-22(32)27-23)18-9-16-17(34-18)4-5-19(25-16)28-7-6-24-12-28/h2-9,12H,10-11H2,1H3,(H2,26,27,31,32)/t23-/m0/s1. The first-order valence-electron chi connectivity index (χ1n) is 10.5. The monoisotopic (exact) mass is 458 g/mol. The van der Waals surface area contributed by atoms with Crippen molar-refractivity contribution in [1.29, 1.82) is 0 Å². The van der Waals surface area contributed by atoms with Gasteiger partial charge in [-0.15, -0.1) is 0 Å². The van der Waals surface area contributed by atoms with Crippen molar-refractivity contribution in [2.24, 2.45) is 0 Å². The number of imidazole rings is 1. The number of hydrogen-bond acceptors (Lipinski definition) is 7. The molecule has 4 aromatic rings. The van der Waals surface area contributed by atoms with E-state index in [1.165, 1.54) is 12.0 Å². The first-order chi connectivity index (χ1) is 16.5. The fraction of sp³-hybridized carbons (Fsp3) is 0.174. The second kappa shape index (κ2) is 7.17. The minimum atomic E-state index is -1.60. The summed E-state index contributed by atoms with van der Waals surface area (Å²) in [5.74, 6) is 0.493. The Morgan fingerprint density at radius 3 is 2.79 bits per heavy atom. The van der Waals surface area contributed by atoms with Crippen molar-refractivity contribution in [2.45, 2.75) is 12.1 Å². The molecule has 6 rings (SSSR count). The Morgan fingerprint density at radius 2 is 2.06 bits per heavy atom. The van der Waals surface area contributed by atoms with Gasteiger partial charge in [-0.1, -0.05) is 6.07 Å². The summed E-state index contributed by atoms with van der Waals surface area (Å²) in [5, 5.41) is 4.95. The van der Waals surface area contributed by atoms with Crippen molar-refractivity contribution in [3.8, 4) is 11.6 Å². The molecule has 1 aromatic carbocycles. The van der Waals surface area contributed by atoms with Crippen LogP contribution in [0.3, 0.4) is 0 Å². The highest BCUT2D eigenvalue weighted by Gasteiger charge is 2.53. The molecule has 2 aliphatic heterocycles. The van der Waals surface area contributed by atoms with Gasteiger partial charge in [0.25, 0.3) is 11.8 Å². The molecule has 170 valence electrons. The summed E-state index contributed by atoms with van der Waals surface area (Å²) in [6.07, 6.45) is 5.01. The smallest absolute Gasteiger partial charge is 0.322 e. The third-order valence-corrected chi connectivity index (χ3v) is 6.11. The van der Waals surface area contributed by atoms with Crippen LogP contribution in [0, 0.1) is 0 Å². The van der Waals surface area contributed by atoms with E-state index in [-0.39, 0.29) is 24.8 Å². The predicted molar refractivity (Wildman–Crippen MR) is 117 cm³/mol. The van der Waals surface area contributed by atoms with Gasteiger partial charge >= 0.3 is 6.03 Å². The zero-order valence-electron chi connectivity index (χ0n) is 17.9. The average Bonchev–Trinajstić information content (AvgIpc) is 3.61. The fourth-order valence-electron chi connectivity index (χ4n) is 4.40. The van der Waals surface area contributed by atoms with Crippen molar-refractivity contribution in [1.82, 2.24) is 30.1 Å². The Kier molecular flexibility index (Phi) is 4.21. The van der Waals surface area contributed by atoms with E-state index < -0.39 is 17.5 Å². The topological polar surface area (TPSA) is 132 Å². The molecule has 11 nitrogen and oxygen atoms in total. The third-order valence-electron chi connectivity index (χ3n) is 6.11. The Balaban J connectivity index is 1.39. The number of amides is 4. The molecule has 0 spiro atoms. The largest absolute Gasteiger partial charge is 0.497 e. The number of furan rings is 1. The molecule has 1 saturated heterocycles. The van der Waals surface area contributed by atoms with Crippen molar-refractivity contribution in [3.05, 3.63) is 72.0 Å². The van der Waals surface area contributed by atoms with Crippen LogP contribution in [-0.2, 0) is 16.9 Å². The summed E-state index contributed by atoms with van der Waals surface area (Å²) in [6, 6.07) is 9.69. The summed E-state index contributed by atoms with van der Waals surface area (Å²) in [6.45, 7) is 0.168. The van der Waals surface area contributed by atoms with Gasteiger partial charge in [0.1, 0.15) is 29.2 Å². The van der Waals surface area contributed by atoms with Gasteiger partial charge in [0.05, 0.1) is 13.7 Å². The molecule has 2 aliphatic rings. The van der Waals surface area contributed by atoms with Crippen LogP contribution in [0.4, 0.5) is 4.79 Å². The third kappa shape index (κ3) is 2.94. The van der Waals surface area contributed by atoms with Gasteiger partial charge < -0.3 is 19.4 Å². The van der Waals surface area contributed by atoms with Gasteiger partial charge in [-0.05, 0) is 29.8 Å². The maximum atomic E-state index is 13.1. The zero-order chi connectivity index (χ0) is 23.4. The quantitative estimate of drug-likeness (QED) is 0.435. The van der Waals surface area contributed by atoms with Crippen LogP contribution < -0.4 is 15.4 Å². The van der Waals surface area contributed by atoms with Crippen molar-refractivity contribution >= 4 is 28.9 Å². The van der Waals surface area contributed by atoms with Gasteiger partial charge in [0, 0.05) is 30.6 Å². The molecule has 5 heterocycles. The maximum Gasteiger partial charge on any atom is 0.322 e. The van der Waals surface area contributed by atoms with Gasteiger partial charge in [-0.3, -0.25) is 19.5 Å². The SMILES string of the molecule is COc1ccc2c(c1)C(=O)N(C[C@@]1(c3cc4nc(-n5ccnc5)ccc4o3)NC(=O)NC1=O)C2. The number of imide groups is 1. The van der Waals surface area contributed by atoms with E-state index >= 15 is 0 Å². The maximum absolute atomic E-state index is 13.1. The Bertz CT molecular complexity index is 1480. The van der Waals surface area contributed by atoms with Gasteiger partial charge in [0.2, 0.25) is 0 Å². The number of hydrogen-bond donors (Lipinski definition) is 2. The normalized spacial score (nSPS) is 19.4. The Labute approximate surface area is 192 Å². The summed E-state index contributed by atoms with van der Waals surface area (Å²) in [7, 11) is 1.53. The highest BCUT2D eigenvalue weighted by atomic mass is 16.5. The first kappa shape index (κ1) is 20.0. The van der Waals surface area contributed by atoms with Crippen molar-refractivity contribution < 1.29 is 23.5 Å². The fourth-order valence-corrected chi connectivity index (χ4v) is 4.40. The molecule has 2 N–H and O–H groups in total. The molecule has 4 amide bonds. The lowest BCUT2D eigenvalue weighted by atomic mass is 9.95. The molecule has 3 aromatic heterocycles. The number of aromatic nitrogens is 3. The summed E-state index contributed by atoms with van der Waals surface area (Å²) >= 11 is 0. The van der Waals surface area contributed by atoms with E-state index in [1.807, 2.05) is 6.07 Å². The number of rotatable bonds is 5. The summed E-state index contributed by atoms with van der Waals surface area (Å²) in [4.78, 5) is 48.5. The van der Waals surface area contributed by atoms with Crippen LogP contribution >= 0.6 is 0 Å². The Hall–Kier alpha value is -4.67. The van der Waals surface area contributed by atoms with Crippen LogP contribution in [0.1, 0.15) is 21.7 Å². The molecule has 34 heavy (non-hydrogen) atoms. The number of benzene rings is 1. The van der Waals surface area contributed by atoms with Gasteiger partial charge in [-0.25, -0.2) is 14.8 Å². The molecule has 0 radical (unpaired) electrons. The number of nitrogens with zero attached hydrogens (tertiary/aromatic N) is 4. The highest BCUT2D eigenvalue weighted by Crippen LogP contribution is 2.34. The van der Waals surface area contributed by atoms with Crippen LogP contribution in [0.2, 0.25) is 0 Å². The summed E-state index contributed by atoms with van der Waals surface area (Å²) in [5.41, 5.74) is 0.634. The minimum Gasteiger partial charge on any atom is -0.497 e. The summed E-state index contributed by atoms with van der Waals surface area (Å²) < 4.78 is 12.9. The second-order valence-electron chi connectivity index (χ2n) is 8.13. The molecule has 1 fully saturated rings. The second-order valence-corrected chi connectivity index (χ2v) is 8.13. The van der Waals surface area contributed by atoms with E-state index in [2.05, 4.69) is 20.6 Å². The lowest BCUT2D eigenvalue weighted by molar-refractivity contribution is -0.125. The molecular weight excluding hydrogens is 440 g/mol. The van der Waals surface area contributed by atoms with E-state index in [1.54, 1.807) is 53.6 Å². The number of pyridine rings is 1. The Morgan fingerprint density at radius 1 is 1.18 bits per heavy atom. The zero-order valence-corrected chi connectivity index (χ0v) is 17.9. The molecule has 0 saturated carbocycles. The molecule has 0 unspecified atom stereocenters. The number of carbonyl (C=O) groups is 3. The molecule has 11 heteroatoms.